The smallest absolute Gasteiger partial charge is 0.324 e. The fourth-order valence-electron chi connectivity index (χ4n) is 1.73. The maximum absolute atomic E-state index is 12.1. The van der Waals surface area contributed by atoms with Gasteiger partial charge in [-0.2, -0.15) is 0 Å². The molecule has 1 heterocycles. The molecule has 0 aliphatic carbocycles. The van der Waals surface area contributed by atoms with E-state index < -0.39 is 0 Å². The summed E-state index contributed by atoms with van der Waals surface area (Å²) in [7, 11) is 0. The Bertz CT molecular complexity index is 512. The number of hydrogen-bond donors (Lipinski definition) is 3. The van der Waals surface area contributed by atoms with Gasteiger partial charge in [0.25, 0.3) is 0 Å². The molecule has 7 heteroatoms. The predicted molar refractivity (Wildman–Crippen MR) is 84.5 cm³/mol. The molecule has 6 nitrogen and oxygen atoms in total. The number of pyridine rings is 1. The molecule has 21 heavy (non-hydrogen) atoms. The van der Waals surface area contributed by atoms with Gasteiger partial charge in [-0.05, 0) is 45.7 Å². The van der Waals surface area contributed by atoms with Gasteiger partial charge in [-0.1, -0.05) is 11.6 Å². The summed E-state index contributed by atoms with van der Waals surface area (Å²) in [4.78, 5) is 17.5. The van der Waals surface area contributed by atoms with E-state index in [4.69, 9.17) is 22.7 Å². The average molecular weight is 312 g/mol. The number of halogens is 1. The molecule has 0 spiro atoms. The number of aryl methyl sites for hydroxylation is 1. The van der Waals surface area contributed by atoms with Crippen molar-refractivity contribution in [3.8, 4) is 0 Å². The molecule has 0 atom stereocenters. The van der Waals surface area contributed by atoms with E-state index in [-0.39, 0.29) is 17.5 Å². The highest BCUT2D eigenvalue weighted by Gasteiger charge is 2.21. The summed E-state index contributed by atoms with van der Waals surface area (Å²) in [5, 5.41) is 10.9. The van der Waals surface area contributed by atoms with Gasteiger partial charge < -0.3 is 11.1 Å². The highest BCUT2D eigenvalue weighted by molar-refractivity contribution is 6.31. The van der Waals surface area contributed by atoms with Crippen LogP contribution in [0.15, 0.2) is 18.3 Å². The third kappa shape index (κ3) is 5.99. The van der Waals surface area contributed by atoms with Crippen molar-refractivity contribution in [1.82, 2.24) is 15.2 Å². The summed E-state index contributed by atoms with van der Waals surface area (Å²) in [5.41, 5.74) is 5.87. The molecule has 0 aromatic carbocycles. The standard InChI is InChI=1S/C14H22ClN5O/c1-14(2,3)19-13(21)20(12(16)17)9-5-7-11-10(15)6-4-8-18-11/h4,6,8H,5,7,9H2,1-3H3,(H3,16,17)(H,19,21). The van der Waals surface area contributed by atoms with Crippen molar-refractivity contribution in [1.29, 1.82) is 5.41 Å². The molecule has 1 rings (SSSR count). The fraction of sp³-hybridized carbons (Fsp3) is 0.500. The molecule has 1 aromatic rings. The zero-order valence-electron chi connectivity index (χ0n) is 12.6. The van der Waals surface area contributed by atoms with E-state index in [1.807, 2.05) is 20.8 Å². The minimum absolute atomic E-state index is 0.274. The number of nitrogens with two attached hydrogens (primary N) is 1. The summed E-state index contributed by atoms with van der Waals surface area (Å²) in [6.07, 6.45) is 2.91. The van der Waals surface area contributed by atoms with Gasteiger partial charge in [0.1, 0.15) is 0 Å². The number of rotatable bonds is 4. The Labute approximate surface area is 130 Å². The Kier molecular flexibility index (Phi) is 5.96. The van der Waals surface area contributed by atoms with E-state index in [0.29, 0.717) is 24.4 Å². The van der Waals surface area contributed by atoms with Gasteiger partial charge in [0.05, 0.1) is 10.7 Å². The van der Waals surface area contributed by atoms with Crippen LogP contribution < -0.4 is 11.1 Å². The monoisotopic (exact) mass is 311 g/mol. The van der Waals surface area contributed by atoms with Crippen LogP contribution in [-0.2, 0) is 6.42 Å². The molecule has 0 aliphatic rings. The third-order valence-electron chi connectivity index (χ3n) is 2.65. The number of urea groups is 1. The number of hydrogen-bond acceptors (Lipinski definition) is 3. The molecule has 4 N–H and O–H groups in total. The van der Waals surface area contributed by atoms with Crippen molar-refractivity contribution >= 4 is 23.6 Å². The van der Waals surface area contributed by atoms with Crippen LogP contribution in [0.4, 0.5) is 4.79 Å². The lowest BCUT2D eigenvalue weighted by molar-refractivity contribution is 0.210. The lowest BCUT2D eigenvalue weighted by Crippen LogP contribution is -2.52. The second-order valence-corrected chi connectivity index (χ2v) is 6.16. The SMILES string of the molecule is CC(C)(C)NC(=O)N(CCCc1ncccc1Cl)C(=N)N. The molecule has 116 valence electrons. The number of aromatic nitrogens is 1. The quantitative estimate of drug-likeness (QED) is 0.588. The minimum Gasteiger partial charge on any atom is -0.370 e. The summed E-state index contributed by atoms with van der Waals surface area (Å²) in [6, 6.07) is 3.17. The lowest BCUT2D eigenvalue weighted by atomic mass is 10.1. The van der Waals surface area contributed by atoms with E-state index in [1.54, 1.807) is 18.3 Å². The van der Waals surface area contributed by atoms with Gasteiger partial charge in [-0.3, -0.25) is 15.3 Å². The average Bonchev–Trinajstić information content (AvgIpc) is 2.33. The van der Waals surface area contributed by atoms with E-state index in [2.05, 4.69) is 10.3 Å². The van der Waals surface area contributed by atoms with Crippen LogP contribution in [0.2, 0.25) is 5.02 Å². The number of carbonyl (C=O) groups is 1. The Morgan fingerprint density at radius 2 is 2.19 bits per heavy atom. The maximum Gasteiger partial charge on any atom is 0.324 e. The highest BCUT2D eigenvalue weighted by Crippen LogP contribution is 2.14. The molecule has 0 radical (unpaired) electrons. The molecule has 0 unspecified atom stereocenters. The van der Waals surface area contributed by atoms with E-state index >= 15 is 0 Å². The maximum atomic E-state index is 12.1. The molecule has 0 fully saturated rings. The summed E-state index contributed by atoms with van der Waals surface area (Å²) in [6.45, 7) is 5.95. The van der Waals surface area contributed by atoms with Crippen LogP contribution in [0.3, 0.4) is 0 Å². The predicted octanol–water partition coefficient (Wildman–Crippen LogP) is 2.37. The summed E-state index contributed by atoms with van der Waals surface area (Å²) >= 11 is 6.03. The lowest BCUT2D eigenvalue weighted by Gasteiger charge is -2.27. The number of guanidine groups is 1. The number of amides is 2. The van der Waals surface area contributed by atoms with Crippen molar-refractivity contribution in [2.75, 3.05) is 6.54 Å². The van der Waals surface area contributed by atoms with E-state index in [0.717, 1.165) is 5.69 Å². The van der Waals surface area contributed by atoms with Crippen molar-refractivity contribution in [2.24, 2.45) is 5.73 Å². The molecule has 2 amide bonds. The number of carbonyl (C=O) groups excluding carboxylic acids is 1. The molecule has 0 saturated carbocycles. The van der Waals surface area contributed by atoms with E-state index in [1.165, 1.54) is 4.90 Å². The van der Waals surface area contributed by atoms with Crippen LogP contribution >= 0.6 is 11.6 Å². The van der Waals surface area contributed by atoms with Crippen LogP contribution in [-0.4, -0.2) is 34.0 Å². The topological polar surface area (TPSA) is 95.1 Å². The summed E-state index contributed by atoms with van der Waals surface area (Å²) in [5.74, 6) is -0.274. The first-order chi connectivity index (χ1) is 9.70. The first-order valence-corrected chi connectivity index (χ1v) is 7.11. The van der Waals surface area contributed by atoms with Crippen molar-refractivity contribution in [2.45, 2.75) is 39.2 Å². The Morgan fingerprint density at radius 1 is 1.52 bits per heavy atom. The normalized spacial score (nSPS) is 11.0. The van der Waals surface area contributed by atoms with Gasteiger partial charge in [-0.15, -0.1) is 0 Å². The largest absolute Gasteiger partial charge is 0.370 e. The van der Waals surface area contributed by atoms with Crippen LogP contribution in [0, 0.1) is 5.41 Å². The number of nitrogens with one attached hydrogen (secondary N) is 2. The molecule has 0 bridgehead atoms. The zero-order chi connectivity index (χ0) is 16.0. The highest BCUT2D eigenvalue weighted by atomic mass is 35.5. The van der Waals surface area contributed by atoms with Crippen LogP contribution in [0.5, 0.6) is 0 Å². The van der Waals surface area contributed by atoms with E-state index in [9.17, 15) is 4.79 Å². The van der Waals surface area contributed by atoms with Gasteiger partial charge in [-0.25, -0.2) is 4.79 Å². The molecule has 0 saturated heterocycles. The van der Waals surface area contributed by atoms with Crippen molar-refractivity contribution in [3.63, 3.8) is 0 Å². The number of nitrogens with zero attached hydrogens (tertiary/aromatic N) is 2. The van der Waals surface area contributed by atoms with Crippen molar-refractivity contribution in [3.05, 3.63) is 29.0 Å². The van der Waals surface area contributed by atoms with Crippen LogP contribution in [0.1, 0.15) is 32.9 Å². The van der Waals surface area contributed by atoms with Crippen LogP contribution in [0.25, 0.3) is 0 Å². The van der Waals surface area contributed by atoms with Crippen molar-refractivity contribution < 1.29 is 4.79 Å². The first kappa shape index (κ1) is 17.2. The summed E-state index contributed by atoms with van der Waals surface area (Å²) < 4.78 is 0. The zero-order valence-corrected chi connectivity index (χ0v) is 13.4. The second kappa shape index (κ2) is 7.26. The van der Waals surface area contributed by atoms with Gasteiger partial charge in [0.15, 0.2) is 5.96 Å². The Hall–Kier alpha value is -1.82. The van der Waals surface area contributed by atoms with Gasteiger partial charge >= 0.3 is 6.03 Å². The minimum atomic E-state index is -0.380. The Morgan fingerprint density at radius 3 is 2.71 bits per heavy atom. The molecular formula is C14H22ClN5O. The third-order valence-corrected chi connectivity index (χ3v) is 2.99. The first-order valence-electron chi connectivity index (χ1n) is 6.74. The molecule has 1 aromatic heterocycles. The van der Waals surface area contributed by atoms with Gasteiger partial charge in [0, 0.05) is 18.3 Å². The molecular weight excluding hydrogens is 290 g/mol. The molecule has 0 aliphatic heterocycles. The second-order valence-electron chi connectivity index (χ2n) is 5.75. The Balaban J connectivity index is 2.58. The fourth-order valence-corrected chi connectivity index (χ4v) is 1.94. The van der Waals surface area contributed by atoms with Gasteiger partial charge in [0.2, 0.25) is 0 Å².